The molecule has 2 heterocycles. The molecule has 0 bridgehead atoms. The van der Waals surface area contributed by atoms with Crippen molar-refractivity contribution in [2.45, 2.75) is 38.9 Å². The highest BCUT2D eigenvalue weighted by molar-refractivity contribution is 6.51. The van der Waals surface area contributed by atoms with Crippen LogP contribution in [0.15, 0.2) is 24.4 Å². The predicted molar refractivity (Wildman–Crippen MR) is 80.8 cm³/mol. The van der Waals surface area contributed by atoms with Gasteiger partial charge in [-0.3, -0.25) is 9.48 Å². The van der Waals surface area contributed by atoms with E-state index in [2.05, 4.69) is 10.4 Å². The van der Waals surface area contributed by atoms with Crippen molar-refractivity contribution in [1.29, 1.82) is 0 Å². The summed E-state index contributed by atoms with van der Waals surface area (Å²) in [7, 11) is 1.39. The van der Waals surface area contributed by atoms with Crippen LogP contribution in [0.4, 0.5) is 0 Å². The maximum atomic E-state index is 11.8. The Labute approximate surface area is 125 Å². The molecular weight excluding hydrogens is 269 g/mol. The molecule has 1 saturated heterocycles. The molecule has 21 heavy (non-hydrogen) atoms. The fourth-order valence-corrected chi connectivity index (χ4v) is 1.94. The van der Waals surface area contributed by atoms with Crippen LogP contribution in [0, 0.1) is 0 Å². The van der Waals surface area contributed by atoms with Crippen molar-refractivity contribution < 1.29 is 14.1 Å². The van der Waals surface area contributed by atoms with Gasteiger partial charge in [-0.25, -0.2) is 0 Å². The Hall–Kier alpha value is -1.60. The van der Waals surface area contributed by atoms with Gasteiger partial charge in [0.2, 0.25) is 0 Å². The van der Waals surface area contributed by atoms with E-state index in [1.165, 1.54) is 6.20 Å². The number of nitrogens with zero attached hydrogens (tertiary/aromatic N) is 2. The van der Waals surface area contributed by atoms with Crippen molar-refractivity contribution in [1.82, 2.24) is 15.1 Å². The third-order valence-corrected chi connectivity index (χ3v) is 3.91. The van der Waals surface area contributed by atoms with E-state index in [0.29, 0.717) is 12.1 Å². The minimum Gasteiger partial charge on any atom is -0.400 e. The minimum atomic E-state index is -0.384. The van der Waals surface area contributed by atoms with Crippen molar-refractivity contribution in [3.63, 3.8) is 0 Å². The highest BCUT2D eigenvalue weighted by atomic mass is 16.7. The largest absolute Gasteiger partial charge is 0.486 e. The van der Waals surface area contributed by atoms with Crippen LogP contribution in [0.2, 0.25) is 0 Å². The number of carbonyl (C=O) groups is 1. The zero-order valence-corrected chi connectivity index (χ0v) is 13.2. The molecule has 0 aliphatic carbocycles. The number of aromatic nitrogens is 2. The van der Waals surface area contributed by atoms with Crippen LogP contribution in [0.3, 0.4) is 0 Å². The van der Waals surface area contributed by atoms with Gasteiger partial charge in [0.25, 0.3) is 5.91 Å². The fourth-order valence-electron chi connectivity index (χ4n) is 1.94. The van der Waals surface area contributed by atoms with Gasteiger partial charge in [-0.2, -0.15) is 5.10 Å². The topological polar surface area (TPSA) is 65.4 Å². The molecule has 0 atom stereocenters. The summed E-state index contributed by atoms with van der Waals surface area (Å²) in [5.74, 6) is 1.67. The lowest BCUT2D eigenvalue weighted by Crippen LogP contribution is -2.41. The predicted octanol–water partition coefficient (Wildman–Crippen LogP) is 1.34. The molecule has 7 heteroatoms. The van der Waals surface area contributed by atoms with Crippen LogP contribution in [0.5, 0.6) is 0 Å². The second kappa shape index (κ2) is 5.65. The van der Waals surface area contributed by atoms with E-state index in [0.717, 1.165) is 0 Å². The van der Waals surface area contributed by atoms with Crippen LogP contribution in [0.25, 0.3) is 0 Å². The lowest BCUT2D eigenvalue weighted by molar-refractivity contribution is 0.00578. The molecule has 2 rings (SSSR count). The van der Waals surface area contributed by atoms with Crippen molar-refractivity contribution in [2.75, 3.05) is 6.54 Å². The first kappa shape index (κ1) is 15.8. The second-order valence-electron chi connectivity index (χ2n) is 6.17. The van der Waals surface area contributed by atoms with Crippen molar-refractivity contribution >= 4 is 13.0 Å². The summed E-state index contributed by atoms with van der Waals surface area (Å²) in [6.07, 6.45) is 5.04. The number of hydrogen-bond donors (Lipinski definition) is 1. The maximum absolute atomic E-state index is 11.8. The average Bonchev–Trinajstić information content (AvgIpc) is 2.87. The van der Waals surface area contributed by atoms with Gasteiger partial charge < -0.3 is 14.6 Å². The van der Waals surface area contributed by atoms with E-state index < -0.39 is 0 Å². The molecule has 0 unspecified atom stereocenters. The molecule has 0 aromatic carbocycles. The van der Waals surface area contributed by atoms with Crippen molar-refractivity contribution in [3.05, 3.63) is 30.0 Å². The van der Waals surface area contributed by atoms with Crippen LogP contribution < -0.4 is 5.32 Å². The van der Waals surface area contributed by atoms with Crippen molar-refractivity contribution in [2.24, 2.45) is 7.05 Å². The fraction of sp³-hybridized carbons (Fsp3) is 0.571. The van der Waals surface area contributed by atoms with Gasteiger partial charge in [-0.15, -0.1) is 0 Å². The average molecular weight is 291 g/mol. The minimum absolute atomic E-state index is 0.151. The Morgan fingerprint density at radius 3 is 2.52 bits per heavy atom. The molecule has 1 aromatic heterocycles. The van der Waals surface area contributed by atoms with Gasteiger partial charge >= 0.3 is 7.12 Å². The molecule has 1 aromatic rings. The first-order valence-electron chi connectivity index (χ1n) is 7.00. The van der Waals surface area contributed by atoms with Crippen LogP contribution in [-0.2, 0) is 16.4 Å². The molecule has 0 saturated carbocycles. The van der Waals surface area contributed by atoms with E-state index in [-0.39, 0.29) is 24.2 Å². The Morgan fingerprint density at radius 1 is 1.38 bits per heavy atom. The van der Waals surface area contributed by atoms with Gasteiger partial charge in [-0.1, -0.05) is 12.1 Å². The second-order valence-corrected chi connectivity index (χ2v) is 6.17. The van der Waals surface area contributed by atoms with E-state index in [1.54, 1.807) is 17.9 Å². The standard InChI is InChI=1S/C14H22BN3O3/c1-13(2)14(3,4)21-15(20-13)7-6-8-16-12(19)11-9-17-18(5)10-11/h6-7,9-10H,8H2,1-5H3,(H,16,19)/b7-6+. The Kier molecular flexibility index (Phi) is 4.25. The quantitative estimate of drug-likeness (QED) is 0.850. The molecule has 0 spiro atoms. The monoisotopic (exact) mass is 291 g/mol. The highest BCUT2D eigenvalue weighted by Gasteiger charge is 2.49. The van der Waals surface area contributed by atoms with Crippen molar-refractivity contribution in [3.8, 4) is 0 Å². The van der Waals surface area contributed by atoms with E-state index in [4.69, 9.17) is 9.31 Å². The molecule has 0 radical (unpaired) electrons. The van der Waals surface area contributed by atoms with Crippen LogP contribution >= 0.6 is 0 Å². The van der Waals surface area contributed by atoms with Gasteiger partial charge in [0.15, 0.2) is 0 Å². The molecule has 114 valence electrons. The summed E-state index contributed by atoms with van der Waals surface area (Å²) in [5, 5.41) is 6.75. The molecule has 1 aliphatic rings. The summed E-state index contributed by atoms with van der Waals surface area (Å²) in [6, 6.07) is 0. The molecular formula is C14H22BN3O3. The molecule has 1 amide bonds. The lowest BCUT2D eigenvalue weighted by atomic mass is 9.90. The number of amides is 1. The van der Waals surface area contributed by atoms with E-state index >= 15 is 0 Å². The summed E-state index contributed by atoms with van der Waals surface area (Å²) in [4.78, 5) is 11.8. The number of aryl methyl sites for hydroxylation is 1. The zero-order valence-electron chi connectivity index (χ0n) is 13.2. The number of nitrogens with one attached hydrogen (secondary N) is 1. The van der Waals surface area contributed by atoms with Gasteiger partial charge in [-0.05, 0) is 27.7 Å². The zero-order chi connectivity index (χ0) is 15.7. The summed E-state index contributed by atoms with van der Waals surface area (Å²) in [5.41, 5.74) is -0.149. The number of hydrogen-bond acceptors (Lipinski definition) is 4. The van der Waals surface area contributed by atoms with Gasteiger partial charge in [0.1, 0.15) is 0 Å². The van der Waals surface area contributed by atoms with Crippen LogP contribution in [-0.4, -0.2) is 40.6 Å². The summed E-state index contributed by atoms with van der Waals surface area (Å²) >= 11 is 0. The highest BCUT2D eigenvalue weighted by Crippen LogP contribution is 2.36. The Balaban J connectivity index is 1.80. The third-order valence-electron chi connectivity index (χ3n) is 3.91. The summed E-state index contributed by atoms with van der Waals surface area (Å²) in [6.45, 7) is 8.43. The van der Waals surface area contributed by atoms with Crippen LogP contribution in [0.1, 0.15) is 38.1 Å². The smallest absolute Gasteiger partial charge is 0.400 e. The Morgan fingerprint density at radius 2 is 2.00 bits per heavy atom. The van der Waals surface area contributed by atoms with Gasteiger partial charge in [0.05, 0.1) is 23.0 Å². The summed E-state index contributed by atoms with van der Waals surface area (Å²) < 4.78 is 13.2. The normalized spacial score (nSPS) is 20.1. The molecule has 1 fully saturated rings. The maximum Gasteiger partial charge on any atom is 0.486 e. The SMILES string of the molecule is Cn1cc(C(=O)NC/C=C/B2OC(C)(C)C(C)(C)O2)cn1. The first-order chi connectivity index (χ1) is 9.71. The van der Waals surface area contributed by atoms with E-state index in [1.807, 2.05) is 39.7 Å². The third kappa shape index (κ3) is 3.54. The molecule has 6 nitrogen and oxygen atoms in total. The lowest BCUT2D eigenvalue weighted by Gasteiger charge is -2.32. The molecule has 1 N–H and O–H groups in total. The van der Waals surface area contributed by atoms with Gasteiger partial charge in [0, 0.05) is 19.8 Å². The van der Waals surface area contributed by atoms with E-state index in [9.17, 15) is 4.79 Å². The molecule has 1 aliphatic heterocycles. The Bertz CT molecular complexity index is 535. The first-order valence-corrected chi connectivity index (χ1v) is 7.00. The number of rotatable bonds is 4. The number of carbonyl (C=O) groups excluding carboxylic acids is 1.